The van der Waals surface area contributed by atoms with Crippen molar-refractivity contribution in [2.75, 3.05) is 13.1 Å². The number of carboxylic acid groups (broad SMARTS) is 1. The van der Waals surface area contributed by atoms with Crippen molar-refractivity contribution in [3.63, 3.8) is 0 Å². The molecular weight excluding hydrogens is 252 g/mol. The molecule has 0 atom stereocenters. The third kappa shape index (κ3) is 5.18. The summed E-state index contributed by atoms with van der Waals surface area (Å²) in [5.74, 6) is -1.03. The molecule has 100 valence electrons. The molecule has 1 aromatic rings. The lowest BCUT2D eigenvalue weighted by Gasteiger charge is -2.22. The molecule has 0 fully saturated rings. The predicted octanol–water partition coefficient (Wildman–Crippen LogP) is 2.14. The van der Waals surface area contributed by atoms with Gasteiger partial charge in [0.25, 0.3) is 0 Å². The molecule has 2 N–H and O–H groups in total. The quantitative estimate of drug-likeness (QED) is 0.797. The van der Waals surface area contributed by atoms with E-state index in [1.165, 1.54) is 0 Å². The van der Waals surface area contributed by atoms with Crippen molar-refractivity contribution in [1.29, 1.82) is 0 Å². The van der Waals surface area contributed by atoms with Crippen molar-refractivity contribution in [2.45, 2.75) is 26.3 Å². The van der Waals surface area contributed by atoms with E-state index in [2.05, 4.69) is 12.2 Å². The Balaban J connectivity index is 2.53. The van der Waals surface area contributed by atoms with E-state index < -0.39 is 5.97 Å². The molecule has 5 nitrogen and oxygen atoms in total. The molecule has 18 heavy (non-hydrogen) atoms. The van der Waals surface area contributed by atoms with Gasteiger partial charge in [0.2, 0.25) is 0 Å². The summed E-state index contributed by atoms with van der Waals surface area (Å²) in [6.07, 6.45) is 1.90. The summed E-state index contributed by atoms with van der Waals surface area (Å²) in [5, 5.41) is 14.9. The highest BCUT2D eigenvalue weighted by atomic mass is 32.1. The van der Waals surface area contributed by atoms with Crippen LogP contribution in [0.1, 0.15) is 25.3 Å². The number of hydrogen-bond acceptors (Lipinski definition) is 3. The van der Waals surface area contributed by atoms with Crippen LogP contribution in [0.4, 0.5) is 4.79 Å². The number of nitrogens with one attached hydrogen (secondary N) is 1. The maximum Gasteiger partial charge on any atom is 0.323 e. The number of unbranched alkanes of at least 4 members (excludes halogenated alkanes) is 1. The van der Waals surface area contributed by atoms with E-state index in [4.69, 9.17) is 5.11 Å². The first-order chi connectivity index (χ1) is 8.63. The van der Waals surface area contributed by atoms with Crippen molar-refractivity contribution < 1.29 is 14.7 Å². The molecule has 0 aliphatic heterocycles. The molecule has 0 aliphatic rings. The number of hydrogen-bond donors (Lipinski definition) is 2. The van der Waals surface area contributed by atoms with Gasteiger partial charge >= 0.3 is 12.0 Å². The van der Waals surface area contributed by atoms with Crippen LogP contribution in [0.5, 0.6) is 0 Å². The fraction of sp³-hybridized carbons (Fsp3) is 0.500. The van der Waals surface area contributed by atoms with Crippen molar-refractivity contribution in [2.24, 2.45) is 0 Å². The van der Waals surface area contributed by atoms with E-state index in [0.717, 1.165) is 18.4 Å². The van der Waals surface area contributed by atoms with Crippen LogP contribution < -0.4 is 5.32 Å². The second-order valence-electron chi connectivity index (χ2n) is 3.96. The summed E-state index contributed by atoms with van der Waals surface area (Å²) in [6.45, 7) is 2.87. The van der Waals surface area contributed by atoms with Crippen LogP contribution in [0.3, 0.4) is 0 Å². The van der Waals surface area contributed by atoms with Gasteiger partial charge in [-0.1, -0.05) is 13.3 Å². The molecule has 0 bridgehead atoms. The largest absolute Gasteiger partial charge is 0.480 e. The first-order valence-electron chi connectivity index (χ1n) is 5.89. The molecule has 1 aromatic heterocycles. The zero-order valence-electron chi connectivity index (χ0n) is 10.4. The van der Waals surface area contributed by atoms with E-state index >= 15 is 0 Å². The minimum Gasteiger partial charge on any atom is -0.480 e. The topological polar surface area (TPSA) is 69.6 Å². The van der Waals surface area contributed by atoms with Crippen LogP contribution in [-0.4, -0.2) is 35.1 Å². The molecule has 0 spiro atoms. The number of urea groups is 1. The molecule has 0 aromatic carbocycles. The third-order valence-electron chi connectivity index (χ3n) is 2.41. The maximum absolute atomic E-state index is 11.8. The Kier molecular flexibility index (Phi) is 6.21. The number of aliphatic carboxylic acids is 1. The highest BCUT2D eigenvalue weighted by Gasteiger charge is 2.14. The summed E-state index contributed by atoms with van der Waals surface area (Å²) in [7, 11) is 0. The molecule has 0 aliphatic carbocycles. The molecule has 0 saturated carbocycles. The Morgan fingerprint density at radius 1 is 1.50 bits per heavy atom. The van der Waals surface area contributed by atoms with Crippen LogP contribution in [-0.2, 0) is 11.3 Å². The minimum atomic E-state index is -1.03. The van der Waals surface area contributed by atoms with Crippen LogP contribution in [0, 0.1) is 0 Å². The molecular formula is C12H18N2O3S. The van der Waals surface area contributed by atoms with Gasteiger partial charge < -0.3 is 15.3 Å². The van der Waals surface area contributed by atoms with Gasteiger partial charge in [0, 0.05) is 13.1 Å². The molecule has 0 unspecified atom stereocenters. The van der Waals surface area contributed by atoms with Gasteiger partial charge in [-0.15, -0.1) is 0 Å². The lowest BCUT2D eigenvalue weighted by atomic mass is 10.3. The van der Waals surface area contributed by atoms with Crippen molar-refractivity contribution in [1.82, 2.24) is 10.2 Å². The number of carbonyl (C=O) groups excluding carboxylic acids is 1. The smallest absolute Gasteiger partial charge is 0.323 e. The minimum absolute atomic E-state index is 0.322. The zero-order chi connectivity index (χ0) is 13.4. The van der Waals surface area contributed by atoms with Crippen LogP contribution in [0.2, 0.25) is 0 Å². The Bertz CT molecular complexity index is 379. The fourth-order valence-corrected chi connectivity index (χ4v) is 2.13. The number of nitrogens with zero attached hydrogens (tertiary/aromatic N) is 1. The highest BCUT2D eigenvalue weighted by molar-refractivity contribution is 7.07. The average molecular weight is 270 g/mol. The van der Waals surface area contributed by atoms with Gasteiger partial charge in [0.05, 0.1) is 0 Å². The van der Waals surface area contributed by atoms with Gasteiger partial charge in [0.1, 0.15) is 6.54 Å². The Morgan fingerprint density at radius 3 is 2.83 bits per heavy atom. The third-order valence-corrected chi connectivity index (χ3v) is 3.15. The zero-order valence-corrected chi connectivity index (χ0v) is 11.2. The maximum atomic E-state index is 11.8. The van der Waals surface area contributed by atoms with E-state index in [0.29, 0.717) is 13.1 Å². The molecule has 1 heterocycles. The van der Waals surface area contributed by atoms with Gasteiger partial charge in [-0.05, 0) is 28.8 Å². The van der Waals surface area contributed by atoms with Crippen molar-refractivity contribution >= 4 is 23.3 Å². The highest BCUT2D eigenvalue weighted by Crippen LogP contribution is 2.10. The van der Waals surface area contributed by atoms with Gasteiger partial charge in [-0.25, -0.2) is 4.79 Å². The second kappa shape index (κ2) is 7.71. The standard InChI is InChI=1S/C12H18N2O3S/c1-2-3-5-14(8-10-4-6-18-9-10)12(17)13-7-11(15)16/h4,6,9H,2-3,5,7-8H2,1H3,(H,13,17)(H,15,16). The first-order valence-corrected chi connectivity index (χ1v) is 6.83. The SMILES string of the molecule is CCCCN(Cc1ccsc1)C(=O)NCC(=O)O. The monoisotopic (exact) mass is 270 g/mol. The lowest BCUT2D eigenvalue weighted by molar-refractivity contribution is -0.135. The summed E-state index contributed by atoms with van der Waals surface area (Å²) in [6, 6.07) is 1.64. The molecule has 1 rings (SSSR count). The number of rotatable bonds is 7. The summed E-state index contributed by atoms with van der Waals surface area (Å²) in [4.78, 5) is 23.9. The predicted molar refractivity (Wildman–Crippen MR) is 70.7 cm³/mol. The summed E-state index contributed by atoms with van der Waals surface area (Å²) >= 11 is 1.58. The Labute approximate surface area is 110 Å². The van der Waals surface area contributed by atoms with Crippen LogP contribution >= 0.6 is 11.3 Å². The van der Waals surface area contributed by atoms with E-state index in [9.17, 15) is 9.59 Å². The van der Waals surface area contributed by atoms with Gasteiger partial charge in [-0.3, -0.25) is 4.79 Å². The number of carboxylic acids is 1. The first kappa shape index (κ1) is 14.5. The number of amides is 2. The van der Waals surface area contributed by atoms with Crippen molar-refractivity contribution in [3.05, 3.63) is 22.4 Å². The van der Waals surface area contributed by atoms with E-state index in [1.807, 2.05) is 16.8 Å². The lowest BCUT2D eigenvalue weighted by Crippen LogP contribution is -2.42. The summed E-state index contributed by atoms with van der Waals surface area (Å²) in [5.41, 5.74) is 1.07. The molecule has 6 heteroatoms. The second-order valence-corrected chi connectivity index (χ2v) is 4.74. The van der Waals surface area contributed by atoms with E-state index in [1.54, 1.807) is 16.2 Å². The molecule has 0 radical (unpaired) electrons. The summed E-state index contributed by atoms with van der Waals surface area (Å²) < 4.78 is 0. The fourth-order valence-electron chi connectivity index (χ4n) is 1.47. The van der Waals surface area contributed by atoms with Crippen molar-refractivity contribution in [3.8, 4) is 0 Å². The van der Waals surface area contributed by atoms with Crippen LogP contribution in [0.25, 0.3) is 0 Å². The normalized spacial score (nSPS) is 10.1. The Morgan fingerprint density at radius 2 is 2.28 bits per heavy atom. The van der Waals surface area contributed by atoms with Crippen LogP contribution in [0.15, 0.2) is 16.8 Å². The average Bonchev–Trinajstić information content (AvgIpc) is 2.84. The van der Waals surface area contributed by atoms with Gasteiger partial charge in [-0.2, -0.15) is 11.3 Å². The van der Waals surface area contributed by atoms with Gasteiger partial charge in [0.15, 0.2) is 0 Å². The molecule has 0 saturated heterocycles. The Hall–Kier alpha value is -1.56. The number of thiophene rings is 1. The number of carbonyl (C=O) groups is 2. The molecule has 2 amide bonds. The van der Waals surface area contributed by atoms with E-state index in [-0.39, 0.29) is 12.6 Å².